The first kappa shape index (κ1) is 13.1. The first-order chi connectivity index (χ1) is 8.66. The van der Waals surface area contributed by atoms with Crippen molar-refractivity contribution in [3.63, 3.8) is 0 Å². The van der Waals surface area contributed by atoms with Crippen LogP contribution in [-0.2, 0) is 0 Å². The van der Waals surface area contributed by atoms with E-state index in [0.717, 1.165) is 17.7 Å². The maximum absolute atomic E-state index is 13.0. The van der Waals surface area contributed by atoms with Crippen molar-refractivity contribution in [2.24, 2.45) is 0 Å². The van der Waals surface area contributed by atoms with Gasteiger partial charge >= 0.3 is 0 Å². The summed E-state index contributed by atoms with van der Waals surface area (Å²) in [7, 11) is 0. The fraction of sp³-hybridized carbons (Fsp3) is 0.143. The summed E-state index contributed by atoms with van der Waals surface area (Å²) in [5.74, 6) is -1.33. The number of hydrogen-bond donors (Lipinski definition) is 1. The number of thioether (sulfide) groups is 1. The Balaban J connectivity index is 1.97. The molecule has 1 unspecified atom stereocenters. The molecule has 4 heteroatoms. The van der Waals surface area contributed by atoms with Crippen molar-refractivity contribution in [1.29, 1.82) is 0 Å². The molecule has 94 valence electrons. The van der Waals surface area contributed by atoms with Gasteiger partial charge in [0, 0.05) is 10.6 Å². The van der Waals surface area contributed by atoms with Gasteiger partial charge in [0.1, 0.15) is 0 Å². The smallest absolute Gasteiger partial charge is 0.159 e. The molecule has 2 aromatic rings. The summed E-state index contributed by atoms with van der Waals surface area (Å²) < 4.78 is 25.7. The minimum absolute atomic E-state index is 0.398. The minimum Gasteiger partial charge on any atom is -0.388 e. The average Bonchev–Trinajstić information content (AvgIpc) is 2.41. The lowest BCUT2D eigenvalue weighted by Gasteiger charge is -2.10. The van der Waals surface area contributed by atoms with E-state index in [-0.39, 0.29) is 0 Å². The molecule has 0 bridgehead atoms. The maximum Gasteiger partial charge on any atom is 0.159 e. The number of aliphatic hydroxyl groups is 1. The molecule has 2 aromatic carbocycles. The summed E-state index contributed by atoms with van der Waals surface area (Å²) in [4.78, 5) is 0.601. The zero-order chi connectivity index (χ0) is 13.0. The molecule has 0 heterocycles. The van der Waals surface area contributed by atoms with Crippen molar-refractivity contribution in [1.82, 2.24) is 0 Å². The summed E-state index contributed by atoms with van der Waals surface area (Å²) in [6, 6.07) is 13.0. The number of benzene rings is 2. The third kappa shape index (κ3) is 3.31. The SMILES string of the molecule is OC(CSc1ccc(F)c(F)c1)c1ccccc1. The lowest BCUT2D eigenvalue weighted by Crippen LogP contribution is -2.00. The fourth-order valence-corrected chi connectivity index (χ4v) is 2.41. The third-order valence-corrected chi connectivity index (χ3v) is 3.55. The molecule has 2 rings (SSSR count). The van der Waals surface area contributed by atoms with Crippen LogP contribution in [0.15, 0.2) is 53.4 Å². The van der Waals surface area contributed by atoms with Crippen molar-refractivity contribution in [3.8, 4) is 0 Å². The van der Waals surface area contributed by atoms with Crippen LogP contribution in [0.3, 0.4) is 0 Å². The molecule has 0 amide bonds. The Morgan fingerprint density at radius 1 is 1.00 bits per heavy atom. The average molecular weight is 266 g/mol. The van der Waals surface area contributed by atoms with E-state index in [1.807, 2.05) is 30.3 Å². The van der Waals surface area contributed by atoms with Crippen molar-refractivity contribution >= 4 is 11.8 Å². The van der Waals surface area contributed by atoms with Gasteiger partial charge in [-0.1, -0.05) is 30.3 Å². The van der Waals surface area contributed by atoms with E-state index in [1.165, 1.54) is 17.8 Å². The van der Waals surface area contributed by atoms with E-state index in [9.17, 15) is 13.9 Å². The van der Waals surface area contributed by atoms with Gasteiger partial charge < -0.3 is 5.11 Å². The highest BCUT2D eigenvalue weighted by Crippen LogP contribution is 2.25. The van der Waals surface area contributed by atoms with Crippen LogP contribution >= 0.6 is 11.8 Å². The Labute approximate surface area is 108 Å². The van der Waals surface area contributed by atoms with Gasteiger partial charge in [0.05, 0.1) is 6.10 Å². The van der Waals surface area contributed by atoms with Crippen LogP contribution in [-0.4, -0.2) is 10.9 Å². The van der Waals surface area contributed by atoms with E-state index in [2.05, 4.69) is 0 Å². The van der Waals surface area contributed by atoms with Gasteiger partial charge in [-0.3, -0.25) is 0 Å². The van der Waals surface area contributed by atoms with Gasteiger partial charge in [0.25, 0.3) is 0 Å². The van der Waals surface area contributed by atoms with E-state index in [0.29, 0.717) is 10.6 Å². The van der Waals surface area contributed by atoms with Crippen LogP contribution in [0.2, 0.25) is 0 Å². The molecule has 0 aliphatic rings. The van der Waals surface area contributed by atoms with E-state index >= 15 is 0 Å². The molecule has 0 radical (unpaired) electrons. The zero-order valence-corrected chi connectivity index (χ0v) is 10.3. The summed E-state index contributed by atoms with van der Waals surface area (Å²) >= 11 is 1.29. The second-order valence-electron chi connectivity index (χ2n) is 3.81. The molecule has 1 N–H and O–H groups in total. The number of rotatable bonds is 4. The Hall–Kier alpha value is -1.39. The van der Waals surface area contributed by atoms with Gasteiger partial charge in [0.15, 0.2) is 11.6 Å². The highest BCUT2D eigenvalue weighted by molar-refractivity contribution is 7.99. The predicted octanol–water partition coefficient (Wildman–Crippen LogP) is 3.79. The lowest BCUT2D eigenvalue weighted by atomic mass is 10.1. The zero-order valence-electron chi connectivity index (χ0n) is 9.51. The molecule has 0 saturated carbocycles. The largest absolute Gasteiger partial charge is 0.388 e. The molecular weight excluding hydrogens is 254 g/mol. The molecule has 0 spiro atoms. The van der Waals surface area contributed by atoms with Gasteiger partial charge in [-0.15, -0.1) is 11.8 Å². The minimum atomic E-state index is -0.866. The van der Waals surface area contributed by atoms with E-state index < -0.39 is 17.7 Å². The highest BCUT2D eigenvalue weighted by Gasteiger charge is 2.09. The van der Waals surface area contributed by atoms with Gasteiger partial charge in [-0.2, -0.15) is 0 Å². The lowest BCUT2D eigenvalue weighted by molar-refractivity contribution is 0.204. The Bertz CT molecular complexity index is 516. The molecule has 0 saturated heterocycles. The summed E-state index contributed by atoms with van der Waals surface area (Å²) in [5, 5.41) is 9.92. The standard InChI is InChI=1S/C14H12F2OS/c15-12-7-6-11(8-13(12)16)18-9-14(17)10-4-2-1-3-5-10/h1-8,14,17H,9H2. The molecule has 18 heavy (non-hydrogen) atoms. The molecule has 0 aliphatic heterocycles. The van der Waals surface area contributed by atoms with Crippen LogP contribution in [0.5, 0.6) is 0 Å². The van der Waals surface area contributed by atoms with Crippen molar-refractivity contribution in [2.75, 3.05) is 5.75 Å². The fourth-order valence-electron chi connectivity index (χ4n) is 1.51. The second kappa shape index (κ2) is 5.98. The summed E-state index contributed by atoms with van der Waals surface area (Å²) in [6.45, 7) is 0. The van der Waals surface area contributed by atoms with Crippen molar-refractivity contribution in [3.05, 3.63) is 65.7 Å². The van der Waals surface area contributed by atoms with Crippen molar-refractivity contribution < 1.29 is 13.9 Å². The summed E-state index contributed by atoms with van der Waals surface area (Å²) in [6.07, 6.45) is -0.621. The molecule has 1 nitrogen and oxygen atoms in total. The van der Waals surface area contributed by atoms with Gasteiger partial charge in [-0.25, -0.2) is 8.78 Å². The van der Waals surface area contributed by atoms with Gasteiger partial charge in [0.2, 0.25) is 0 Å². The topological polar surface area (TPSA) is 20.2 Å². The molecular formula is C14H12F2OS. The quantitative estimate of drug-likeness (QED) is 0.850. The van der Waals surface area contributed by atoms with E-state index in [1.54, 1.807) is 0 Å². The normalized spacial score (nSPS) is 12.4. The number of halogens is 2. The third-order valence-electron chi connectivity index (χ3n) is 2.48. The van der Waals surface area contributed by atoms with Crippen LogP contribution < -0.4 is 0 Å². The second-order valence-corrected chi connectivity index (χ2v) is 4.91. The molecule has 1 atom stereocenters. The number of hydrogen-bond acceptors (Lipinski definition) is 2. The van der Waals surface area contributed by atoms with Crippen LogP contribution in [0.1, 0.15) is 11.7 Å². The predicted molar refractivity (Wildman–Crippen MR) is 68.5 cm³/mol. The molecule has 0 aliphatic carbocycles. The van der Waals surface area contributed by atoms with Crippen LogP contribution in [0.4, 0.5) is 8.78 Å². The molecule has 0 fully saturated rings. The van der Waals surface area contributed by atoms with Crippen molar-refractivity contribution in [2.45, 2.75) is 11.0 Å². The monoisotopic (exact) mass is 266 g/mol. The Morgan fingerprint density at radius 2 is 1.72 bits per heavy atom. The first-order valence-electron chi connectivity index (χ1n) is 5.47. The Kier molecular flexibility index (Phi) is 4.33. The van der Waals surface area contributed by atoms with E-state index in [4.69, 9.17) is 0 Å². The highest BCUT2D eigenvalue weighted by atomic mass is 32.2. The maximum atomic E-state index is 13.0. The van der Waals surface area contributed by atoms with Gasteiger partial charge in [-0.05, 0) is 23.8 Å². The summed E-state index contributed by atoms with van der Waals surface area (Å²) in [5.41, 5.74) is 0.813. The first-order valence-corrected chi connectivity index (χ1v) is 6.46. The van der Waals surface area contributed by atoms with Crippen LogP contribution in [0, 0.1) is 11.6 Å². The van der Waals surface area contributed by atoms with Crippen LogP contribution in [0.25, 0.3) is 0 Å². The molecule has 0 aromatic heterocycles. The Morgan fingerprint density at radius 3 is 2.39 bits per heavy atom. The number of aliphatic hydroxyl groups excluding tert-OH is 1.